The van der Waals surface area contributed by atoms with Crippen molar-refractivity contribution >= 4 is 21.9 Å². The average Bonchev–Trinajstić information content (AvgIpc) is 2.72. The van der Waals surface area contributed by atoms with Gasteiger partial charge in [0, 0.05) is 17.2 Å². The van der Waals surface area contributed by atoms with Crippen LogP contribution in [0, 0.1) is 0 Å². The summed E-state index contributed by atoms with van der Waals surface area (Å²) in [6.07, 6.45) is 8.53. The topological polar surface area (TPSA) is 90.9 Å². The zero-order valence-electron chi connectivity index (χ0n) is 20.0. The Bertz CT molecular complexity index is 1340. The van der Waals surface area contributed by atoms with Crippen molar-refractivity contribution in [1.29, 1.82) is 0 Å². The van der Waals surface area contributed by atoms with Gasteiger partial charge in [-0.3, -0.25) is 4.79 Å². The molecule has 0 saturated carbocycles. The predicted octanol–water partition coefficient (Wildman–Crippen LogP) is 6.81. The van der Waals surface area contributed by atoms with Crippen molar-refractivity contribution in [3.63, 3.8) is 0 Å². The molecule has 0 unspecified atom stereocenters. The van der Waals surface area contributed by atoms with Gasteiger partial charge in [-0.05, 0) is 72.4 Å². The highest BCUT2D eigenvalue weighted by Crippen LogP contribution is 2.37. The van der Waals surface area contributed by atoms with E-state index in [-0.39, 0.29) is 45.6 Å². The van der Waals surface area contributed by atoms with Crippen molar-refractivity contribution in [2.45, 2.75) is 60.3 Å². The maximum Gasteiger partial charge on any atom is 0.204 e. The molecule has 0 fully saturated rings. The Labute approximate surface area is 194 Å². The second-order valence-electron chi connectivity index (χ2n) is 9.02. The third-order valence-corrected chi connectivity index (χ3v) is 5.73. The van der Waals surface area contributed by atoms with Crippen LogP contribution in [0.4, 0.5) is 0 Å². The standard InChI is InChI=1S/C28H32O5/c1-16(2)7-6-8-18(5)10-12-19-21(29)13-14-23-25(19)28(32)26-24(33-23)15-22(30)20(27(26)31)11-9-17(3)4/h7,9-10,13-15,29-31H,6,8,11-12H2,1-5H3. The van der Waals surface area contributed by atoms with Gasteiger partial charge in [0.05, 0.1) is 5.39 Å². The number of fused-ring (bicyclic) bond motifs is 2. The molecule has 0 radical (unpaired) electrons. The first kappa shape index (κ1) is 24.2. The lowest BCUT2D eigenvalue weighted by atomic mass is 9.98. The summed E-state index contributed by atoms with van der Waals surface area (Å²) in [7, 11) is 0. The zero-order valence-corrected chi connectivity index (χ0v) is 20.0. The van der Waals surface area contributed by atoms with Crippen LogP contribution in [-0.4, -0.2) is 15.3 Å². The SMILES string of the molecule is CC(C)=CCCC(C)=CCc1c(O)ccc2oc3cc(O)c(CC=C(C)C)c(O)c3c(=O)c12. The summed E-state index contributed by atoms with van der Waals surface area (Å²) in [5, 5.41) is 32.1. The Kier molecular flexibility index (Phi) is 7.32. The summed E-state index contributed by atoms with van der Waals surface area (Å²) >= 11 is 0. The van der Waals surface area contributed by atoms with Gasteiger partial charge in [-0.25, -0.2) is 0 Å². The van der Waals surface area contributed by atoms with Gasteiger partial charge in [-0.15, -0.1) is 0 Å². The molecule has 0 amide bonds. The van der Waals surface area contributed by atoms with E-state index in [2.05, 4.69) is 19.9 Å². The van der Waals surface area contributed by atoms with Crippen molar-refractivity contribution in [3.05, 3.63) is 74.5 Å². The fourth-order valence-corrected chi connectivity index (χ4v) is 3.85. The lowest BCUT2D eigenvalue weighted by molar-refractivity contribution is 0.443. The molecule has 0 aliphatic carbocycles. The van der Waals surface area contributed by atoms with Crippen molar-refractivity contribution in [2.24, 2.45) is 0 Å². The molecular formula is C28H32O5. The van der Waals surface area contributed by atoms with Crippen molar-refractivity contribution in [1.82, 2.24) is 0 Å². The van der Waals surface area contributed by atoms with Crippen LogP contribution in [0.3, 0.4) is 0 Å². The second kappa shape index (κ2) is 9.99. The molecular weight excluding hydrogens is 416 g/mol. The summed E-state index contributed by atoms with van der Waals surface area (Å²) in [5.74, 6) is -0.416. The summed E-state index contributed by atoms with van der Waals surface area (Å²) in [6, 6.07) is 4.40. The predicted molar refractivity (Wildman–Crippen MR) is 134 cm³/mol. The molecule has 33 heavy (non-hydrogen) atoms. The number of allylic oxidation sites excluding steroid dienone is 6. The normalized spacial score (nSPS) is 11.7. The van der Waals surface area contributed by atoms with Crippen molar-refractivity contribution < 1.29 is 19.7 Å². The molecule has 0 spiro atoms. The number of aromatic hydroxyl groups is 3. The van der Waals surface area contributed by atoms with Gasteiger partial charge >= 0.3 is 0 Å². The molecule has 3 rings (SSSR count). The molecule has 2 aromatic carbocycles. The van der Waals surface area contributed by atoms with E-state index in [0.717, 1.165) is 24.0 Å². The van der Waals surface area contributed by atoms with Crippen LogP contribution in [0.25, 0.3) is 21.9 Å². The Morgan fingerprint density at radius 2 is 1.48 bits per heavy atom. The number of hydrogen-bond acceptors (Lipinski definition) is 5. The molecule has 5 nitrogen and oxygen atoms in total. The third kappa shape index (κ3) is 5.30. The first-order chi connectivity index (χ1) is 15.6. The van der Waals surface area contributed by atoms with Crippen LogP contribution >= 0.6 is 0 Å². The minimum atomic E-state index is -0.427. The van der Waals surface area contributed by atoms with Gasteiger partial charge in [0.2, 0.25) is 5.43 Å². The lowest BCUT2D eigenvalue weighted by Gasteiger charge is -2.12. The third-order valence-electron chi connectivity index (χ3n) is 5.73. The molecule has 0 atom stereocenters. The zero-order chi connectivity index (χ0) is 24.3. The minimum absolute atomic E-state index is 0.00512. The lowest BCUT2D eigenvalue weighted by Crippen LogP contribution is -2.07. The Morgan fingerprint density at radius 3 is 2.15 bits per heavy atom. The van der Waals surface area contributed by atoms with Gasteiger partial charge in [-0.2, -0.15) is 0 Å². The summed E-state index contributed by atoms with van der Waals surface area (Å²) < 4.78 is 5.89. The van der Waals surface area contributed by atoms with Gasteiger partial charge in [0.15, 0.2) is 0 Å². The first-order valence-electron chi connectivity index (χ1n) is 11.2. The molecule has 3 aromatic rings. The molecule has 3 N–H and O–H groups in total. The first-order valence-corrected chi connectivity index (χ1v) is 11.2. The van der Waals surface area contributed by atoms with Crippen LogP contribution in [0.5, 0.6) is 17.2 Å². The van der Waals surface area contributed by atoms with Crippen molar-refractivity contribution in [2.75, 3.05) is 0 Å². The summed E-state index contributed by atoms with van der Waals surface area (Å²) in [5.41, 5.74) is 4.16. The van der Waals surface area contributed by atoms with Crippen LogP contribution in [-0.2, 0) is 12.8 Å². The number of hydrogen-bond donors (Lipinski definition) is 3. The molecule has 174 valence electrons. The molecule has 0 aliphatic rings. The molecule has 0 aliphatic heterocycles. The average molecular weight is 449 g/mol. The molecule has 5 heteroatoms. The van der Waals surface area contributed by atoms with Crippen LogP contribution in [0.2, 0.25) is 0 Å². The molecule has 0 bridgehead atoms. The van der Waals surface area contributed by atoms with Gasteiger partial charge < -0.3 is 19.7 Å². The number of benzene rings is 2. The van der Waals surface area contributed by atoms with Crippen molar-refractivity contribution in [3.8, 4) is 17.2 Å². The number of rotatable bonds is 7. The highest BCUT2D eigenvalue weighted by Gasteiger charge is 2.20. The molecule has 1 heterocycles. The van der Waals surface area contributed by atoms with E-state index in [1.54, 1.807) is 0 Å². The Morgan fingerprint density at radius 1 is 0.818 bits per heavy atom. The Hall–Kier alpha value is -3.47. The monoisotopic (exact) mass is 448 g/mol. The highest BCUT2D eigenvalue weighted by atomic mass is 16.3. The van der Waals surface area contributed by atoms with Gasteiger partial charge in [-0.1, -0.05) is 34.9 Å². The maximum atomic E-state index is 13.5. The maximum absolute atomic E-state index is 13.5. The van der Waals surface area contributed by atoms with E-state index in [1.807, 2.05) is 32.9 Å². The number of phenols is 3. The van der Waals surface area contributed by atoms with Crippen LogP contribution in [0.15, 0.2) is 62.4 Å². The van der Waals surface area contributed by atoms with Gasteiger partial charge in [0.25, 0.3) is 0 Å². The van der Waals surface area contributed by atoms with E-state index in [0.29, 0.717) is 17.6 Å². The van der Waals surface area contributed by atoms with Crippen LogP contribution < -0.4 is 5.43 Å². The largest absolute Gasteiger partial charge is 0.508 e. The van der Waals surface area contributed by atoms with E-state index in [1.165, 1.54) is 23.8 Å². The van der Waals surface area contributed by atoms with Crippen LogP contribution in [0.1, 0.15) is 58.6 Å². The summed E-state index contributed by atoms with van der Waals surface area (Å²) in [4.78, 5) is 13.5. The molecule has 0 saturated heterocycles. The van der Waals surface area contributed by atoms with Gasteiger partial charge in [0.1, 0.15) is 33.8 Å². The highest BCUT2D eigenvalue weighted by molar-refractivity contribution is 5.97. The minimum Gasteiger partial charge on any atom is -0.508 e. The fourth-order valence-electron chi connectivity index (χ4n) is 3.85. The summed E-state index contributed by atoms with van der Waals surface area (Å²) in [6.45, 7) is 10.00. The fraction of sp³-hybridized carbons (Fsp3) is 0.321. The van der Waals surface area contributed by atoms with E-state index < -0.39 is 5.43 Å². The Balaban J connectivity index is 2.16. The van der Waals surface area contributed by atoms with E-state index >= 15 is 0 Å². The number of phenolic OH excluding ortho intramolecular Hbond substituents is 3. The van der Waals surface area contributed by atoms with E-state index in [9.17, 15) is 20.1 Å². The smallest absolute Gasteiger partial charge is 0.204 e. The molecule has 1 aromatic heterocycles. The van der Waals surface area contributed by atoms with E-state index in [4.69, 9.17) is 4.42 Å². The quantitative estimate of drug-likeness (QED) is 0.273. The second-order valence-corrected chi connectivity index (χ2v) is 9.02.